The normalized spacial score (nSPS) is 16.8. The number of hydrogen-bond donors (Lipinski definition) is 3. The van der Waals surface area contributed by atoms with Crippen molar-refractivity contribution in [3.05, 3.63) is 30.1 Å². The Morgan fingerprint density at radius 3 is 2.55 bits per heavy atom. The van der Waals surface area contributed by atoms with E-state index in [2.05, 4.69) is 20.6 Å². The molecule has 1 aromatic carbocycles. The standard InChI is InChI=1S/C15H20N4O.2ClH/c1-9(11-7-16-8-11)15(20)17-10(2)14-18-12-5-3-4-6-13(12)19-14;;/h3-6,9-11,16H,7-8H2,1-2H3,(H,17,20)(H,18,19);2*1H. The maximum Gasteiger partial charge on any atom is 0.223 e. The summed E-state index contributed by atoms with van der Waals surface area (Å²) >= 11 is 0. The Bertz CT molecular complexity index is 594. The average molecular weight is 345 g/mol. The van der Waals surface area contributed by atoms with Crippen LogP contribution >= 0.6 is 24.8 Å². The zero-order valence-corrected chi connectivity index (χ0v) is 14.3. The number of aromatic nitrogens is 2. The van der Waals surface area contributed by atoms with Gasteiger partial charge >= 0.3 is 0 Å². The lowest BCUT2D eigenvalue weighted by Crippen LogP contribution is -2.49. The number of nitrogens with one attached hydrogen (secondary N) is 3. The van der Waals surface area contributed by atoms with Gasteiger partial charge in [-0.25, -0.2) is 4.98 Å². The van der Waals surface area contributed by atoms with Gasteiger partial charge in [0, 0.05) is 5.92 Å². The molecule has 0 radical (unpaired) electrons. The van der Waals surface area contributed by atoms with Crippen LogP contribution in [0.2, 0.25) is 0 Å². The zero-order valence-electron chi connectivity index (χ0n) is 12.6. The Labute approximate surface area is 142 Å². The molecule has 3 N–H and O–H groups in total. The van der Waals surface area contributed by atoms with Gasteiger partial charge in [0.2, 0.25) is 5.91 Å². The van der Waals surface area contributed by atoms with Crippen molar-refractivity contribution in [2.45, 2.75) is 19.9 Å². The molecule has 3 rings (SSSR count). The summed E-state index contributed by atoms with van der Waals surface area (Å²) in [6.07, 6.45) is 0. The van der Waals surface area contributed by atoms with E-state index in [0.717, 1.165) is 29.9 Å². The predicted octanol–water partition coefficient (Wildman–Crippen LogP) is 2.44. The van der Waals surface area contributed by atoms with Crippen molar-refractivity contribution in [3.63, 3.8) is 0 Å². The maximum absolute atomic E-state index is 12.2. The number of imidazole rings is 1. The van der Waals surface area contributed by atoms with Crippen molar-refractivity contribution < 1.29 is 4.79 Å². The molecule has 1 aromatic heterocycles. The molecule has 122 valence electrons. The van der Waals surface area contributed by atoms with E-state index in [9.17, 15) is 4.79 Å². The first kappa shape index (κ1) is 18.7. The Morgan fingerprint density at radius 1 is 1.27 bits per heavy atom. The van der Waals surface area contributed by atoms with Crippen LogP contribution in [0.3, 0.4) is 0 Å². The minimum Gasteiger partial charge on any atom is -0.346 e. The number of aromatic amines is 1. The molecule has 1 aliphatic heterocycles. The Kier molecular flexibility index (Phi) is 6.66. The lowest BCUT2D eigenvalue weighted by molar-refractivity contribution is -0.127. The third kappa shape index (κ3) is 3.72. The van der Waals surface area contributed by atoms with Crippen LogP contribution in [-0.4, -0.2) is 29.0 Å². The molecule has 2 atom stereocenters. The van der Waals surface area contributed by atoms with E-state index in [0.29, 0.717) is 5.92 Å². The number of carbonyl (C=O) groups excluding carboxylic acids is 1. The second-order valence-electron chi connectivity index (χ2n) is 5.58. The summed E-state index contributed by atoms with van der Waals surface area (Å²) in [7, 11) is 0. The van der Waals surface area contributed by atoms with Crippen LogP contribution in [0, 0.1) is 11.8 Å². The van der Waals surface area contributed by atoms with Crippen molar-refractivity contribution in [3.8, 4) is 0 Å². The molecule has 1 saturated heterocycles. The summed E-state index contributed by atoms with van der Waals surface area (Å²) < 4.78 is 0. The first-order valence-electron chi connectivity index (χ1n) is 7.11. The highest BCUT2D eigenvalue weighted by Gasteiger charge is 2.29. The van der Waals surface area contributed by atoms with E-state index >= 15 is 0 Å². The minimum atomic E-state index is -0.106. The number of carbonyl (C=O) groups is 1. The number of amides is 1. The molecular formula is C15H22Cl2N4O. The van der Waals surface area contributed by atoms with E-state index in [1.165, 1.54) is 0 Å². The fraction of sp³-hybridized carbons (Fsp3) is 0.467. The van der Waals surface area contributed by atoms with Crippen LogP contribution in [0.5, 0.6) is 0 Å². The number of H-pyrrole nitrogens is 1. The first-order chi connectivity index (χ1) is 9.65. The smallest absolute Gasteiger partial charge is 0.223 e. The summed E-state index contributed by atoms with van der Waals surface area (Å²) in [5.41, 5.74) is 1.93. The van der Waals surface area contributed by atoms with E-state index in [4.69, 9.17) is 0 Å². The van der Waals surface area contributed by atoms with Crippen LogP contribution in [0.15, 0.2) is 24.3 Å². The molecule has 5 nitrogen and oxygen atoms in total. The highest BCUT2D eigenvalue weighted by atomic mass is 35.5. The predicted molar refractivity (Wildman–Crippen MR) is 92.7 cm³/mol. The van der Waals surface area contributed by atoms with Crippen molar-refractivity contribution in [2.75, 3.05) is 13.1 Å². The van der Waals surface area contributed by atoms with Gasteiger partial charge in [0.25, 0.3) is 0 Å². The summed E-state index contributed by atoms with van der Waals surface area (Å²) in [5, 5.41) is 6.25. The molecule has 0 saturated carbocycles. The van der Waals surface area contributed by atoms with Gasteiger partial charge < -0.3 is 15.6 Å². The quantitative estimate of drug-likeness (QED) is 0.797. The number of nitrogens with zero attached hydrogens (tertiary/aromatic N) is 1. The number of para-hydroxylation sites is 2. The van der Waals surface area contributed by atoms with Crippen LogP contribution in [0.1, 0.15) is 25.7 Å². The topological polar surface area (TPSA) is 69.8 Å². The van der Waals surface area contributed by atoms with Crippen molar-refractivity contribution in [1.82, 2.24) is 20.6 Å². The van der Waals surface area contributed by atoms with Gasteiger partial charge in [-0.2, -0.15) is 0 Å². The van der Waals surface area contributed by atoms with Gasteiger partial charge in [0.05, 0.1) is 17.1 Å². The molecule has 2 unspecified atom stereocenters. The molecule has 2 aromatic rings. The lowest BCUT2D eigenvalue weighted by Gasteiger charge is -2.32. The summed E-state index contributed by atoms with van der Waals surface area (Å²) in [6, 6.07) is 7.78. The van der Waals surface area contributed by atoms with Crippen molar-refractivity contribution in [1.29, 1.82) is 0 Å². The Hall–Kier alpha value is -1.30. The van der Waals surface area contributed by atoms with Crippen LogP contribution < -0.4 is 10.6 Å². The van der Waals surface area contributed by atoms with Gasteiger partial charge in [-0.1, -0.05) is 19.1 Å². The molecule has 1 aliphatic rings. The van der Waals surface area contributed by atoms with Crippen LogP contribution in [0.4, 0.5) is 0 Å². The first-order valence-corrected chi connectivity index (χ1v) is 7.11. The van der Waals surface area contributed by atoms with Gasteiger partial charge in [-0.15, -0.1) is 24.8 Å². The second kappa shape index (κ2) is 7.81. The van der Waals surface area contributed by atoms with Gasteiger partial charge in [-0.3, -0.25) is 4.79 Å². The van der Waals surface area contributed by atoms with Crippen molar-refractivity contribution >= 4 is 41.8 Å². The number of hydrogen-bond acceptors (Lipinski definition) is 3. The molecule has 1 amide bonds. The molecular weight excluding hydrogens is 323 g/mol. The average Bonchev–Trinajstić information content (AvgIpc) is 2.80. The largest absolute Gasteiger partial charge is 0.346 e. The highest BCUT2D eigenvalue weighted by molar-refractivity contribution is 5.85. The molecule has 2 heterocycles. The number of rotatable bonds is 4. The Balaban J connectivity index is 0.00000121. The number of benzene rings is 1. The monoisotopic (exact) mass is 344 g/mol. The molecule has 0 bridgehead atoms. The minimum absolute atomic E-state index is 0. The molecule has 1 fully saturated rings. The summed E-state index contributed by atoms with van der Waals surface area (Å²) in [4.78, 5) is 20.0. The molecule has 0 spiro atoms. The summed E-state index contributed by atoms with van der Waals surface area (Å²) in [5.74, 6) is 1.41. The number of fused-ring (bicyclic) bond motifs is 1. The SMILES string of the molecule is CC(NC(=O)C(C)C1CNC1)c1nc2ccccc2[nH]1.Cl.Cl. The van der Waals surface area contributed by atoms with E-state index in [1.54, 1.807) is 0 Å². The van der Waals surface area contributed by atoms with Gasteiger partial charge in [0.1, 0.15) is 5.82 Å². The van der Waals surface area contributed by atoms with E-state index in [-0.39, 0.29) is 42.7 Å². The fourth-order valence-electron chi connectivity index (χ4n) is 2.47. The zero-order chi connectivity index (χ0) is 14.1. The maximum atomic E-state index is 12.2. The third-order valence-electron chi connectivity index (χ3n) is 4.11. The third-order valence-corrected chi connectivity index (χ3v) is 4.11. The molecule has 7 heteroatoms. The summed E-state index contributed by atoms with van der Waals surface area (Å²) in [6.45, 7) is 5.83. The lowest BCUT2D eigenvalue weighted by atomic mass is 9.88. The van der Waals surface area contributed by atoms with E-state index < -0.39 is 0 Å². The number of halogens is 2. The van der Waals surface area contributed by atoms with Crippen LogP contribution in [0.25, 0.3) is 11.0 Å². The Morgan fingerprint density at radius 2 is 1.95 bits per heavy atom. The van der Waals surface area contributed by atoms with Crippen molar-refractivity contribution in [2.24, 2.45) is 11.8 Å². The highest BCUT2D eigenvalue weighted by Crippen LogP contribution is 2.19. The van der Waals surface area contributed by atoms with Crippen LogP contribution in [-0.2, 0) is 4.79 Å². The van der Waals surface area contributed by atoms with Gasteiger partial charge in [-0.05, 0) is 38.1 Å². The van der Waals surface area contributed by atoms with Gasteiger partial charge in [0.15, 0.2) is 0 Å². The molecule has 0 aliphatic carbocycles. The second-order valence-corrected chi connectivity index (χ2v) is 5.58. The van der Waals surface area contributed by atoms with E-state index in [1.807, 2.05) is 38.1 Å². The molecule has 22 heavy (non-hydrogen) atoms. The fourth-order valence-corrected chi connectivity index (χ4v) is 2.47.